The van der Waals surface area contributed by atoms with Crippen LogP contribution < -0.4 is 4.74 Å². The number of carbonyl (C=O) groups is 2. The number of aromatic nitrogens is 2. The van der Waals surface area contributed by atoms with Gasteiger partial charge in [0.15, 0.2) is 9.84 Å². The van der Waals surface area contributed by atoms with E-state index in [2.05, 4.69) is 5.10 Å². The zero-order valence-electron chi connectivity index (χ0n) is 19.4. The lowest BCUT2D eigenvalue weighted by atomic mass is 9.91. The molecule has 0 fully saturated rings. The van der Waals surface area contributed by atoms with E-state index < -0.39 is 15.8 Å². The first-order valence-electron chi connectivity index (χ1n) is 10.2. The lowest BCUT2D eigenvalue weighted by Gasteiger charge is -2.17. The van der Waals surface area contributed by atoms with Crippen molar-refractivity contribution in [1.82, 2.24) is 9.78 Å². The van der Waals surface area contributed by atoms with E-state index in [1.165, 1.54) is 16.8 Å². The van der Waals surface area contributed by atoms with E-state index in [1.807, 2.05) is 27.7 Å². The molecule has 0 radical (unpaired) electrons. The number of carbonyl (C=O) groups excluding carboxylic acids is 2. The van der Waals surface area contributed by atoms with Gasteiger partial charge in [-0.2, -0.15) is 5.10 Å². The van der Waals surface area contributed by atoms with E-state index in [1.54, 1.807) is 20.8 Å². The summed E-state index contributed by atoms with van der Waals surface area (Å²) in [6.45, 7) is 13.0. The molecule has 0 aliphatic rings. The summed E-state index contributed by atoms with van der Waals surface area (Å²) in [5.74, 6) is -0.714. The van der Waals surface area contributed by atoms with Gasteiger partial charge in [-0.15, -0.1) is 0 Å². The Balaban J connectivity index is 2.81. The van der Waals surface area contributed by atoms with Crippen LogP contribution in [0.25, 0.3) is 5.57 Å². The van der Waals surface area contributed by atoms with Crippen LogP contribution in [0.15, 0.2) is 22.6 Å². The SMILES string of the molecule is CCC(=O)Oc1c(C(=O)c2ccc(S(C)(=O)=O)c(C(C)=C(C)C)c2C)c(C)nn1CC. The number of nitrogens with zero attached hydrogens (tertiary/aromatic N) is 2. The number of esters is 1. The third kappa shape index (κ3) is 4.79. The normalized spacial score (nSPS) is 11.4. The maximum atomic E-state index is 13.6. The van der Waals surface area contributed by atoms with E-state index in [9.17, 15) is 18.0 Å². The smallest absolute Gasteiger partial charge is 0.312 e. The molecule has 0 aliphatic carbocycles. The molecule has 8 heteroatoms. The second-order valence-corrected chi connectivity index (χ2v) is 9.73. The quantitative estimate of drug-likeness (QED) is 0.465. The van der Waals surface area contributed by atoms with Gasteiger partial charge >= 0.3 is 5.97 Å². The van der Waals surface area contributed by atoms with Gasteiger partial charge in [-0.05, 0) is 70.4 Å². The molecule has 0 saturated heterocycles. The standard InChI is InChI=1S/C23H30N2O5S/c1-9-19(26)30-23-21(16(7)24-25(23)10-2)22(27)17-11-12-18(31(8,28)29)20(15(17)6)14(5)13(3)4/h11-12H,9-10H2,1-8H3. The van der Waals surface area contributed by atoms with Crippen LogP contribution in [0, 0.1) is 13.8 Å². The Kier molecular flexibility index (Phi) is 7.26. The van der Waals surface area contributed by atoms with Crippen molar-refractivity contribution in [3.05, 3.63) is 45.7 Å². The summed E-state index contributed by atoms with van der Waals surface area (Å²) in [4.78, 5) is 25.7. The Morgan fingerprint density at radius 3 is 2.16 bits per heavy atom. The second-order valence-electron chi connectivity index (χ2n) is 7.75. The largest absolute Gasteiger partial charge is 0.407 e. The molecular weight excluding hydrogens is 416 g/mol. The van der Waals surface area contributed by atoms with Gasteiger partial charge in [-0.1, -0.05) is 12.5 Å². The van der Waals surface area contributed by atoms with Gasteiger partial charge in [0, 0.05) is 24.8 Å². The van der Waals surface area contributed by atoms with Crippen molar-refractivity contribution in [2.24, 2.45) is 0 Å². The van der Waals surface area contributed by atoms with Gasteiger partial charge in [0.2, 0.25) is 11.7 Å². The molecule has 1 aromatic carbocycles. The molecular formula is C23H30N2O5S. The minimum atomic E-state index is -3.51. The average Bonchev–Trinajstić information content (AvgIpc) is 3.00. The first-order chi connectivity index (χ1) is 14.3. The molecule has 2 aromatic rings. The molecule has 31 heavy (non-hydrogen) atoms. The van der Waals surface area contributed by atoms with Gasteiger partial charge in [0.25, 0.3) is 0 Å². The summed E-state index contributed by atoms with van der Waals surface area (Å²) in [6.07, 6.45) is 1.32. The maximum absolute atomic E-state index is 13.6. The fourth-order valence-corrected chi connectivity index (χ4v) is 4.40. The van der Waals surface area contributed by atoms with E-state index in [4.69, 9.17) is 4.74 Å². The van der Waals surface area contributed by atoms with Gasteiger partial charge in [0.1, 0.15) is 5.56 Å². The Bertz CT molecular complexity index is 1180. The van der Waals surface area contributed by atoms with Crippen molar-refractivity contribution in [2.45, 2.75) is 66.3 Å². The lowest BCUT2D eigenvalue weighted by Crippen LogP contribution is -2.15. The number of ether oxygens (including phenoxy) is 1. The predicted molar refractivity (Wildman–Crippen MR) is 120 cm³/mol. The Morgan fingerprint density at radius 2 is 1.68 bits per heavy atom. The summed E-state index contributed by atoms with van der Waals surface area (Å²) in [5, 5.41) is 4.35. The van der Waals surface area contributed by atoms with Crippen molar-refractivity contribution < 1.29 is 22.7 Å². The molecule has 0 bridgehead atoms. The van der Waals surface area contributed by atoms with Crippen molar-refractivity contribution in [3.63, 3.8) is 0 Å². The van der Waals surface area contributed by atoms with Gasteiger partial charge in [-0.3, -0.25) is 9.59 Å². The predicted octanol–water partition coefficient (Wildman–Crippen LogP) is 4.28. The monoisotopic (exact) mass is 446 g/mol. The van der Waals surface area contributed by atoms with Gasteiger partial charge in [0.05, 0.1) is 10.6 Å². The first-order valence-corrected chi connectivity index (χ1v) is 12.0. The van der Waals surface area contributed by atoms with E-state index >= 15 is 0 Å². The van der Waals surface area contributed by atoms with Gasteiger partial charge < -0.3 is 4.74 Å². The van der Waals surface area contributed by atoms with Crippen molar-refractivity contribution >= 4 is 27.2 Å². The van der Waals surface area contributed by atoms with E-state index in [0.717, 1.165) is 17.4 Å². The zero-order valence-corrected chi connectivity index (χ0v) is 20.2. The van der Waals surface area contributed by atoms with Crippen LogP contribution in [0.1, 0.15) is 73.8 Å². The number of sulfone groups is 1. The van der Waals surface area contributed by atoms with Crippen molar-refractivity contribution in [3.8, 4) is 5.88 Å². The van der Waals surface area contributed by atoms with E-state index in [-0.39, 0.29) is 28.5 Å². The molecule has 0 N–H and O–H groups in total. The third-order valence-corrected chi connectivity index (χ3v) is 6.44. The van der Waals surface area contributed by atoms with Crippen LogP contribution in [0.4, 0.5) is 0 Å². The summed E-state index contributed by atoms with van der Waals surface area (Å²) < 4.78 is 31.8. The second kappa shape index (κ2) is 9.18. The Morgan fingerprint density at radius 1 is 1.06 bits per heavy atom. The Hall–Kier alpha value is -2.74. The van der Waals surface area contributed by atoms with Crippen molar-refractivity contribution in [1.29, 1.82) is 0 Å². The van der Waals surface area contributed by atoms with Gasteiger partial charge in [-0.25, -0.2) is 13.1 Å². The number of benzene rings is 1. The number of hydrogen-bond acceptors (Lipinski definition) is 6. The minimum absolute atomic E-state index is 0.115. The fraction of sp³-hybridized carbons (Fsp3) is 0.435. The molecule has 1 aromatic heterocycles. The summed E-state index contributed by atoms with van der Waals surface area (Å²) >= 11 is 0. The molecule has 0 aliphatic heterocycles. The highest BCUT2D eigenvalue weighted by Crippen LogP contribution is 2.34. The molecule has 0 spiro atoms. The number of ketones is 1. The topological polar surface area (TPSA) is 95.3 Å². The molecule has 168 valence electrons. The highest BCUT2D eigenvalue weighted by molar-refractivity contribution is 7.90. The first kappa shape index (κ1) is 24.5. The highest BCUT2D eigenvalue weighted by Gasteiger charge is 2.28. The van der Waals surface area contributed by atoms with Crippen LogP contribution in [-0.2, 0) is 21.2 Å². The van der Waals surface area contributed by atoms with Crippen LogP contribution >= 0.6 is 0 Å². The van der Waals surface area contributed by atoms with E-state index in [0.29, 0.717) is 28.9 Å². The van der Waals surface area contributed by atoms with Crippen molar-refractivity contribution in [2.75, 3.05) is 6.26 Å². The summed E-state index contributed by atoms with van der Waals surface area (Å²) in [7, 11) is -3.51. The molecule has 0 unspecified atom stereocenters. The molecule has 0 atom stereocenters. The van der Waals surface area contributed by atoms with Crippen LogP contribution in [0.3, 0.4) is 0 Å². The van der Waals surface area contributed by atoms with Crippen LogP contribution in [0.5, 0.6) is 5.88 Å². The lowest BCUT2D eigenvalue weighted by molar-refractivity contribution is -0.134. The summed E-state index contributed by atoms with van der Waals surface area (Å²) in [6, 6.07) is 2.98. The highest BCUT2D eigenvalue weighted by atomic mass is 32.2. The van der Waals surface area contributed by atoms with Crippen LogP contribution in [-0.4, -0.2) is 36.2 Å². The number of aryl methyl sites for hydroxylation is 2. The number of hydrogen-bond donors (Lipinski definition) is 0. The molecule has 7 nitrogen and oxygen atoms in total. The number of rotatable bonds is 7. The third-order valence-electron chi connectivity index (χ3n) is 5.30. The molecule has 2 rings (SSSR count). The average molecular weight is 447 g/mol. The molecule has 0 saturated carbocycles. The maximum Gasteiger partial charge on any atom is 0.312 e. The summed E-state index contributed by atoms with van der Waals surface area (Å²) in [5.41, 5.74) is 3.83. The minimum Gasteiger partial charge on any atom is -0.407 e. The zero-order chi connectivity index (χ0) is 23.7. The fourth-order valence-electron chi connectivity index (χ4n) is 3.41. The molecule has 1 heterocycles. The molecule has 0 amide bonds. The Labute approximate surface area is 184 Å². The number of allylic oxidation sites excluding steroid dienone is 2. The van der Waals surface area contributed by atoms with Crippen LogP contribution in [0.2, 0.25) is 0 Å².